The fraction of sp³-hybridized carbons (Fsp3) is 0.231. The topological polar surface area (TPSA) is 118 Å². The van der Waals surface area contributed by atoms with Crippen molar-refractivity contribution in [2.45, 2.75) is 13.5 Å². The van der Waals surface area contributed by atoms with Gasteiger partial charge in [0.1, 0.15) is 0 Å². The van der Waals surface area contributed by atoms with Crippen LogP contribution in [-0.4, -0.2) is 27.6 Å². The Kier molecular flexibility index (Phi) is 4.17. The van der Waals surface area contributed by atoms with Crippen LogP contribution in [0.15, 0.2) is 30.5 Å². The van der Waals surface area contributed by atoms with Crippen LogP contribution in [0, 0.1) is 10.1 Å². The number of benzene rings is 1. The maximum Gasteiger partial charge on any atom is 0.271 e. The second-order valence-corrected chi connectivity index (χ2v) is 4.42. The van der Waals surface area contributed by atoms with Gasteiger partial charge in [-0.05, 0) is 12.5 Å². The predicted octanol–water partition coefficient (Wildman–Crippen LogP) is 1.44. The molecule has 8 heteroatoms. The average Bonchev–Trinajstić information content (AvgIpc) is 2.94. The van der Waals surface area contributed by atoms with Gasteiger partial charge in [-0.25, -0.2) is 0 Å². The molecule has 0 saturated carbocycles. The van der Waals surface area contributed by atoms with Crippen molar-refractivity contribution in [1.29, 1.82) is 0 Å². The second-order valence-electron chi connectivity index (χ2n) is 4.42. The van der Waals surface area contributed by atoms with Crippen LogP contribution >= 0.6 is 0 Å². The second kappa shape index (κ2) is 6.04. The number of non-ortho nitro benzene ring substituents is 1. The lowest BCUT2D eigenvalue weighted by Gasteiger charge is -2.22. The number of aromatic nitrogens is 2. The number of hydrogen-bond acceptors (Lipinski definition) is 5. The summed E-state index contributed by atoms with van der Waals surface area (Å²) in [6, 6.07) is 6.37. The molecular formula is C13H15N5O3. The number of nitrogens with two attached hydrogens (primary N) is 1. The maximum absolute atomic E-state index is 11.3. The van der Waals surface area contributed by atoms with Gasteiger partial charge in [0.15, 0.2) is 5.69 Å². The number of primary amides is 1. The Labute approximate surface area is 120 Å². The monoisotopic (exact) mass is 289 g/mol. The van der Waals surface area contributed by atoms with Crippen LogP contribution in [-0.2, 0) is 6.54 Å². The Bertz CT molecular complexity index is 667. The van der Waals surface area contributed by atoms with Crippen molar-refractivity contribution in [2.75, 3.05) is 11.4 Å². The van der Waals surface area contributed by atoms with Crippen molar-refractivity contribution in [3.63, 3.8) is 0 Å². The number of anilines is 1. The van der Waals surface area contributed by atoms with Gasteiger partial charge in [0.2, 0.25) is 0 Å². The van der Waals surface area contributed by atoms with E-state index < -0.39 is 10.8 Å². The van der Waals surface area contributed by atoms with Crippen LogP contribution < -0.4 is 10.6 Å². The molecule has 2 aromatic rings. The molecule has 0 saturated heterocycles. The van der Waals surface area contributed by atoms with Gasteiger partial charge in [-0.3, -0.25) is 20.0 Å². The van der Waals surface area contributed by atoms with E-state index >= 15 is 0 Å². The summed E-state index contributed by atoms with van der Waals surface area (Å²) in [5, 5.41) is 17.2. The first-order valence-electron chi connectivity index (χ1n) is 6.34. The minimum absolute atomic E-state index is 0.0332. The van der Waals surface area contributed by atoms with Crippen LogP contribution in [0.4, 0.5) is 11.4 Å². The van der Waals surface area contributed by atoms with E-state index in [1.54, 1.807) is 18.3 Å². The molecule has 0 aliphatic heterocycles. The summed E-state index contributed by atoms with van der Waals surface area (Å²) in [5.41, 5.74) is 6.81. The smallest absolute Gasteiger partial charge is 0.271 e. The Hall–Kier alpha value is -2.90. The molecule has 110 valence electrons. The number of hydrogen-bond donors (Lipinski definition) is 2. The van der Waals surface area contributed by atoms with Crippen molar-refractivity contribution in [2.24, 2.45) is 5.73 Å². The molecule has 0 radical (unpaired) electrons. The summed E-state index contributed by atoms with van der Waals surface area (Å²) in [4.78, 5) is 23.5. The molecular weight excluding hydrogens is 274 g/mol. The summed E-state index contributed by atoms with van der Waals surface area (Å²) < 4.78 is 0. The third kappa shape index (κ3) is 3.16. The summed E-state index contributed by atoms with van der Waals surface area (Å²) >= 11 is 0. The van der Waals surface area contributed by atoms with Crippen LogP contribution in [0.25, 0.3) is 0 Å². The Morgan fingerprint density at radius 2 is 2.29 bits per heavy atom. The van der Waals surface area contributed by atoms with Gasteiger partial charge in [-0.2, -0.15) is 5.10 Å². The van der Waals surface area contributed by atoms with Gasteiger partial charge in [0.25, 0.3) is 11.6 Å². The number of rotatable bonds is 6. The van der Waals surface area contributed by atoms with E-state index in [2.05, 4.69) is 10.2 Å². The van der Waals surface area contributed by atoms with Crippen LogP contribution in [0.2, 0.25) is 0 Å². The number of carbonyl (C=O) groups is 1. The molecule has 0 spiro atoms. The minimum Gasteiger partial charge on any atom is -0.364 e. The molecule has 21 heavy (non-hydrogen) atoms. The number of carbonyl (C=O) groups excluding carboxylic acids is 1. The molecule has 0 aliphatic rings. The SMILES string of the molecule is CCN(Cc1cccc([N+](=O)[O-])c1)c1c[nH]nc1C(N)=O. The Morgan fingerprint density at radius 1 is 1.52 bits per heavy atom. The van der Waals surface area contributed by atoms with E-state index in [1.165, 1.54) is 12.1 Å². The number of nitrogens with one attached hydrogen (secondary N) is 1. The summed E-state index contributed by atoms with van der Waals surface area (Å²) in [7, 11) is 0. The van der Waals surface area contributed by atoms with E-state index in [9.17, 15) is 14.9 Å². The highest BCUT2D eigenvalue weighted by Crippen LogP contribution is 2.21. The number of H-pyrrole nitrogens is 1. The first kappa shape index (κ1) is 14.5. The molecule has 0 atom stereocenters. The molecule has 1 amide bonds. The van der Waals surface area contributed by atoms with Gasteiger partial charge in [-0.1, -0.05) is 12.1 Å². The Morgan fingerprint density at radius 3 is 2.90 bits per heavy atom. The molecule has 3 N–H and O–H groups in total. The van der Waals surface area contributed by atoms with Crippen molar-refractivity contribution in [1.82, 2.24) is 10.2 Å². The van der Waals surface area contributed by atoms with Crippen LogP contribution in [0.1, 0.15) is 23.0 Å². The first-order chi connectivity index (χ1) is 10.0. The Balaban J connectivity index is 2.27. The van der Waals surface area contributed by atoms with Gasteiger partial charge in [-0.15, -0.1) is 0 Å². The number of aromatic amines is 1. The lowest BCUT2D eigenvalue weighted by molar-refractivity contribution is -0.384. The minimum atomic E-state index is -0.622. The van der Waals surface area contributed by atoms with Crippen LogP contribution in [0.3, 0.4) is 0 Å². The molecule has 0 aliphatic carbocycles. The maximum atomic E-state index is 11.3. The highest BCUT2D eigenvalue weighted by atomic mass is 16.6. The first-order valence-corrected chi connectivity index (χ1v) is 6.34. The van der Waals surface area contributed by atoms with E-state index in [-0.39, 0.29) is 11.4 Å². The predicted molar refractivity (Wildman–Crippen MR) is 76.9 cm³/mol. The van der Waals surface area contributed by atoms with Crippen LogP contribution in [0.5, 0.6) is 0 Å². The van der Waals surface area contributed by atoms with Crippen molar-refractivity contribution < 1.29 is 9.72 Å². The molecule has 1 heterocycles. The van der Waals surface area contributed by atoms with E-state index in [4.69, 9.17) is 5.73 Å². The molecule has 2 rings (SSSR count). The van der Waals surface area contributed by atoms with Crippen molar-refractivity contribution >= 4 is 17.3 Å². The molecule has 0 fully saturated rings. The third-order valence-corrected chi connectivity index (χ3v) is 3.07. The lowest BCUT2D eigenvalue weighted by atomic mass is 10.1. The number of nitro groups is 1. The summed E-state index contributed by atoms with van der Waals surface area (Å²) in [6.45, 7) is 2.93. The molecule has 1 aromatic carbocycles. The highest BCUT2D eigenvalue weighted by molar-refractivity contribution is 5.96. The van der Waals surface area contributed by atoms with E-state index in [0.717, 1.165) is 5.56 Å². The normalized spacial score (nSPS) is 10.3. The molecule has 0 unspecified atom stereocenters. The van der Waals surface area contributed by atoms with Gasteiger partial charge in [0.05, 0.1) is 10.6 Å². The van der Waals surface area contributed by atoms with Gasteiger partial charge < -0.3 is 10.6 Å². The fourth-order valence-electron chi connectivity index (χ4n) is 2.06. The number of nitro benzene ring substituents is 1. The van der Waals surface area contributed by atoms with Gasteiger partial charge in [0, 0.05) is 31.4 Å². The number of amides is 1. The van der Waals surface area contributed by atoms with E-state index in [1.807, 2.05) is 11.8 Å². The lowest BCUT2D eigenvalue weighted by Crippen LogP contribution is -2.25. The average molecular weight is 289 g/mol. The molecule has 8 nitrogen and oxygen atoms in total. The molecule has 1 aromatic heterocycles. The standard InChI is InChI=1S/C13H15N5O3/c1-2-17(11-7-15-16-12(11)13(14)19)8-9-4-3-5-10(6-9)18(20)21/h3-7H,2,8H2,1H3,(H2,14,19)(H,15,16). The zero-order valence-electron chi connectivity index (χ0n) is 11.4. The number of nitrogens with zero attached hydrogens (tertiary/aromatic N) is 3. The van der Waals surface area contributed by atoms with Crippen molar-refractivity contribution in [3.8, 4) is 0 Å². The highest BCUT2D eigenvalue weighted by Gasteiger charge is 2.17. The molecule has 0 bridgehead atoms. The largest absolute Gasteiger partial charge is 0.364 e. The zero-order chi connectivity index (χ0) is 15.4. The van der Waals surface area contributed by atoms with Crippen molar-refractivity contribution in [3.05, 3.63) is 51.8 Å². The summed E-state index contributed by atoms with van der Waals surface area (Å²) in [5.74, 6) is -0.622. The quantitative estimate of drug-likeness (QED) is 0.616. The third-order valence-electron chi connectivity index (χ3n) is 3.07. The fourth-order valence-corrected chi connectivity index (χ4v) is 2.06. The zero-order valence-corrected chi connectivity index (χ0v) is 11.4. The summed E-state index contributed by atoms with van der Waals surface area (Å²) in [6.07, 6.45) is 1.58. The van der Waals surface area contributed by atoms with Gasteiger partial charge >= 0.3 is 0 Å². The van der Waals surface area contributed by atoms with E-state index in [0.29, 0.717) is 18.8 Å².